The van der Waals surface area contributed by atoms with Gasteiger partial charge in [-0.15, -0.1) is 0 Å². The molecule has 0 aromatic heterocycles. The van der Waals surface area contributed by atoms with Crippen molar-refractivity contribution in [2.24, 2.45) is 17.3 Å². The van der Waals surface area contributed by atoms with Gasteiger partial charge < -0.3 is 0 Å². The van der Waals surface area contributed by atoms with Crippen LogP contribution in [0, 0.1) is 23.7 Å². The highest BCUT2D eigenvalue weighted by Crippen LogP contribution is 2.47. The molecule has 0 heterocycles. The zero-order valence-electron chi connectivity index (χ0n) is 8.98. The molecule has 1 rings (SSSR count). The van der Waals surface area contributed by atoms with Gasteiger partial charge in [0.25, 0.3) is 0 Å². The molecule has 0 nitrogen and oxygen atoms in total. The van der Waals surface area contributed by atoms with E-state index in [1.807, 2.05) is 0 Å². The lowest BCUT2D eigenvalue weighted by atomic mass is 9.61. The molecule has 0 spiro atoms. The van der Waals surface area contributed by atoms with Gasteiger partial charge in [0.2, 0.25) is 0 Å². The van der Waals surface area contributed by atoms with E-state index in [1.54, 1.807) is 0 Å². The van der Waals surface area contributed by atoms with E-state index in [0.29, 0.717) is 5.41 Å². The standard InChI is InChI=1S/C12H22/c1-10(2)12(11(3)4)8-6-5-7-9-12/h10-11H,5-8H2,1-4H3. The first kappa shape index (κ1) is 10.1. The molecule has 1 aliphatic rings. The van der Waals surface area contributed by atoms with Gasteiger partial charge in [-0.2, -0.15) is 0 Å². The molecule has 0 aliphatic heterocycles. The third-order valence-electron chi connectivity index (χ3n) is 3.53. The van der Waals surface area contributed by atoms with Crippen molar-refractivity contribution in [3.05, 3.63) is 6.42 Å². The van der Waals surface area contributed by atoms with Gasteiger partial charge in [-0.25, -0.2) is 0 Å². The molecule has 0 atom stereocenters. The predicted molar refractivity (Wildman–Crippen MR) is 53.8 cm³/mol. The quantitative estimate of drug-likeness (QED) is 0.583. The Balaban J connectivity index is 2.70. The van der Waals surface area contributed by atoms with E-state index in [-0.39, 0.29) is 0 Å². The number of hydrogen-bond acceptors (Lipinski definition) is 0. The Morgan fingerprint density at radius 3 is 1.83 bits per heavy atom. The van der Waals surface area contributed by atoms with Crippen molar-refractivity contribution in [2.75, 3.05) is 0 Å². The maximum Gasteiger partial charge on any atom is -0.0101 e. The summed E-state index contributed by atoms with van der Waals surface area (Å²) in [5, 5.41) is 0. The molecule has 2 radical (unpaired) electrons. The highest BCUT2D eigenvalue weighted by atomic mass is 14.4. The fourth-order valence-electron chi connectivity index (χ4n) is 2.60. The van der Waals surface area contributed by atoms with Crippen molar-refractivity contribution in [2.45, 2.75) is 53.4 Å². The first-order valence-corrected chi connectivity index (χ1v) is 5.34. The second-order valence-corrected chi connectivity index (χ2v) is 4.73. The second-order valence-electron chi connectivity index (χ2n) is 4.73. The monoisotopic (exact) mass is 166 g/mol. The summed E-state index contributed by atoms with van der Waals surface area (Å²) in [7, 11) is 0. The lowest BCUT2D eigenvalue weighted by Gasteiger charge is -2.44. The highest BCUT2D eigenvalue weighted by molar-refractivity contribution is 4.99. The minimum atomic E-state index is 0.429. The lowest BCUT2D eigenvalue weighted by molar-refractivity contribution is 0.114. The van der Waals surface area contributed by atoms with E-state index < -0.39 is 0 Å². The fourth-order valence-corrected chi connectivity index (χ4v) is 2.60. The average Bonchev–Trinajstić information content (AvgIpc) is 2.05. The minimum Gasteiger partial charge on any atom is -0.0622 e. The topological polar surface area (TPSA) is 0 Å². The van der Waals surface area contributed by atoms with Crippen molar-refractivity contribution in [1.82, 2.24) is 0 Å². The maximum absolute atomic E-state index is 3.73. The molecule has 0 heteroatoms. The van der Waals surface area contributed by atoms with E-state index in [4.69, 9.17) is 0 Å². The molecule has 0 bridgehead atoms. The van der Waals surface area contributed by atoms with Crippen molar-refractivity contribution < 1.29 is 0 Å². The normalized spacial score (nSPS) is 23.5. The molecule has 0 saturated heterocycles. The summed E-state index contributed by atoms with van der Waals surface area (Å²) in [6.07, 6.45) is 9.08. The molecule has 70 valence electrons. The van der Waals surface area contributed by atoms with Gasteiger partial charge in [-0.3, -0.25) is 0 Å². The van der Waals surface area contributed by atoms with E-state index >= 15 is 0 Å². The summed E-state index contributed by atoms with van der Waals surface area (Å²) in [4.78, 5) is 0. The van der Waals surface area contributed by atoms with E-state index in [0.717, 1.165) is 11.8 Å². The summed E-state index contributed by atoms with van der Waals surface area (Å²) >= 11 is 0. The van der Waals surface area contributed by atoms with Crippen LogP contribution in [0.15, 0.2) is 0 Å². The first-order chi connectivity index (χ1) is 5.59. The number of hydrogen-bond donors (Lipinski definition) is 0. The van der Waals surface area contributed by atoms with Crippen molar-refractivity contribution in [3.63, 3.8) is 0 Å². The summed E-state index contributed by atoms with van der Waals surface area (Å²) in [5.74, 6) is 1.52. The van der Waals surface area contributed by atoms with Gasteiger partial charge in [0.1, 0.15) is 0 Å². The smallest absolute Gasteiger partial charge is 0.0101 e. The van der Waals surface area contributed by atoms with Gasteiger partial charge >= 0.3 is 0 Å². The van der Waals surface area contributed by atoms with Crippen LogP contribution < -0.4 is 0 Å². The Labute approximate surface area is 77.7 Å². The SMILES string of the molecule is CC(C)C1(C(C)C)[C]CCCC1. The molecule has 0 N–H and O–H groups in total. The zero-order valence-corrected chi connectivity index (χ0v) is 8.98. The molecular formula is C12H22. The summed E-state index contributed by atoms with van der Waals surface area (Å²) in [6, 6.07) is 0. The lowest BCUT2D eigenvalue weighted by Crippen LogP contribution is -2.35. The van der Waals surface area contributed by atoms with Crippen LogP contribution in [0.1, 0.15) is 53.4 Å². The molecule has 0 aromatic carbocycles. The van der Waals surface area contributed by atoms with Gasteiger partial charge in [0, 0.05) is 0 Å². The Hall–Kier alpha value is 0. The van der Waals surface area contributed by atoms with Crippen LogP contribution in [0.3, 0.4) is 0 Å². The molecule has 1 saturated carbocycles. The predicted octanol–water partition coefficient (Wildman–Crippen LogP) is 3.94. The third-order valence-corrected chi connectivity index (χ3v) is 3.53. The Morgan fingerprint density at radius 2 is 1.58 bits per heavy atom. The third kappa shape index (κ3) is 1.67. The fraction of sp³-hybridized carbons (Fsp3) is 0.917. The van der Waals surface area contributed by atoms with Crippen LogP contribution in [0.4, 0.5) is 0 Å². The average molecular weight is 166 g/mol. The van der Waals surface area contributed by atoms with Crippen molar-refractivity contribution >= 4 is 0 Å². The van der Waals surface area contributed by atoms with Crippen LogP contribution in [0.5, 0.6) is 0 Å². The van der Waals surface area contributed by atoms with Gasteiger partial charge in [-0.1, -0.05) is 40.5 Å². The number of rotatable bonds is 2. The van der Waals surface area contributed by atoms with Crippen molar-refractivity contribution in [3.8, 4) is 0 Å². The molecule has 0 unspecified atom stereocenters. The largest absolute Gasteiger partial charge is 0.0622 e. The van der Waals surface area contributed by atoms with E-state index in [9.17, 15) is 0 Å². The van der Waals surface area contributed by atoms with E-state index in [2.05, 4.69) is 34.1 Å². The van der Waals surface area contributed by atoms with Crippen LogP contribution in [0.25, 0.3) is 0 Å². The summed E-state index contributed by atoms with van der Waals surface area (Å²) in [5.41, 5.74) is 0.429. The first-order valence-electron chi connectivity index (χ1n) is 5.34. The molecule has 12 heavy (non-hydrogen) atoms. The molecular weight excluding hydrogens is 144 g/mol. The molecule has 0 amide bonds. The molecule has 1 fully saturated rings. The Kier molecular flexibility index (Phi) is 3.20. The minimum absolute atomic E-state index is 0.429. The van der Waals surface area contributed by atoms with Gasteiger partial charge in [0.15, 0.2) is 0 Å². The summed E-state index contributed by atoms with van der Waals surface area (Å²) < 4.78 is 0. The summed E-state index contributed by atoms with van der Waals surface area (Å²) in [6.45, 7) is 9.38. The van der Waals surface area contributed by atoms with Crippen molar-refractivity contribution in [1.29, 1.82) is 0 Å². The highest BCUT2D eigenvalue weighted by Gasteiger charge is 2.38. The Bertz CT molecular complexity index is 117. The molecule has 1 aliphatic carbocycles. The van der Waals surface area contributed by atoms with Crippen LogP contribution in [-0.2, 0) is 0 Å². The van der Waals surface area contributed by atoms with Gasteiger partial charge in [-0.05, 0) is 36.5 Å². The van der Waals surface area contributed by atoms with Crippen LogP contribution in [-0.4, -0.2) is 0 Å². The van der Waals surface area contributed by atoms with Gasteiger partial charge in [0.05, 0.1) is 0 Å². The second kappa shape index (κ2) is 3.81. The van der Waals surface area contributed by atoms with Crippen LogP contribution in [0.2, 0.25) is 0 Å². The van der Waals surface area contributed by atoms with Crippen LogP contribution >= 0.6 is 0 Å². The molecule has 0 aromatic rings. The maximum atomic E-state index is 3.73. The Morgan fingerprint density at radius 1 is 1.00 bits per heavy atom. The van der Waals surface area contributed by atoms with E-state index in [1.165, 1.54) is 25.7 Å². The zero-order chi connectivity index (χ0) is 9.19.